The lowest BCUT2D eigenvalue weighted by Crippen LogP contribution is -2.10. The Labute approximate surface area is 183 Å². The van der Waals surface area contributed by atoms with Crippen molar-refractivity contribution in [2.24, 2.45) is 0 Å². The third-order valence-electron chi connectivity index (χ3n) is 4.23. The van der Waals surface area contributed by atoms with Crippen molar-refractivity contribution in [3.63, 3.8) is 0 Å². The molecule has 0 aliphatic carbocycles. The molecule has 12 heteroatoms. The van der Waals surface area contributed by atoms with E-state index in [4.69, 9.17) is 16.9 Å². The summed E-state index contributed by atoms with van der Waals surface area (Å²) in [6, 6.07) is 9.57. The minimum Gasteiger partial charge on any atom is -0.324 e. The van der Waals surface area contributed by atoms with Gasteiger partial charge in [0.25, 0.3) is 0 Å². The molecule has 0 fully saturated rings. The van der Waals surface area contributed by atoms with Gasteiger partial charge in [0, 0.05) is 29.8 Å². The van der Waals surface area contributed by atoms with Gasteiger partial charge in [-0.1, -0.05) is 11.6 Å². The molecule has 0 amide bonds. The first-order chi connectivity index (χ1) is 15.2. The second kappa shape index (κ2) is 8.24. The van der Waals surface area contributed by atoms with Crippen LogP contribution in [0.2, 0.25) is 5.02 Å². The van der Waals surface area contributed by atoms with Gasteiger partial charge in [-0.15, -0.1) is 0 Å². The Morgan fingerprint density at radius 3 is 2.59 bits per heavy atom. The second-order valence-corrected chi connectivity index (χ2v) is 6.78. The van der Waals surface area contributed by atoms with Crippen molar-refractivity contribution in [1.29, 1.82) is 5.26 Å². The van der Waals surface area contributed by atoms with E-state index < -0.39 is 17.7 Å². The third kappa shape index (κ3) is 4.35. The van der Waals surface area contributed by atoms with E-state index in [1.54, 1.807) is 6.07 Å². The maximum atomic E-state index is 13.4. The van der Waals surface area contributed by atoms with Gasteiger partial charge in [0.05, 0.1) is 5.02 Å². The molecule has 3 heterocycles. The van der Waals surface area contributed by atoms with Crippen molar-refractivity contribution in [3.8, 4) is 23.0 Å². The zero-order chi connectivity index (χ0) is 22.9. The first-order valence-corrected chi connectivity index (χ1v) is 9.21. The smallest absolute Gasteiger partial charge is 0.324 e. The number of rotatable bonds is 4. The molecule has 0 unspecified atom stereocenters. The molecule has 0 atom stereocenters. The standard InChI is InChI=1S/C20H10ClF4N7/c21-15-8-12(1-2-16(15)22)29-19-28-10-14(11-3-5-27-13(7-11)9-26)18(30-19)32-6-4-17(31-32)20(23,24)25/h1-8,10H,(H,28,29,30). The van der Waals surface area contributed by atoms with Gasteiger partial charge in [-0.3, -0.25) is 0 Å². The zero-order valence-electron chi connectivity index (χ0n) is 15.8. The highest BCUT2D eigenvalue weighted by Gasteiger charge is 2.34. The minimum atomic E-state index is -4.64. The molecule has 0 aliphatic rings. The molecule has 0 bridgehead atoms. The lowest BCUT2D eigenvalue weighted by atomic mass is 10.1. The SMILES string of the molecule is N#Cc1cc(-c2cnc(Nc3ccc(F)c(Cl)c3)nc2-n2ccc(C(F)(F)F)n2)ccn1. The van der Waals surface area contributed by atoms with Crippen LogP contribution < -0.4 is 5.32 Å². The van der Waals surface area contributed by atoms with E-state index in [2.05, 4.69) is 25.4 Å². The summed E-state index contributed by atoms with van der Waals surface area (Å²) in [5.41, 5.74) is 0.125. The Bertz CT molecular complexity index is 1340. The monoisotopic (exact) mass is 459 g/mol. The number of nitrogens with zero attached hydrogens (tertiary/aromatic N) is 6. The molecule has 160 valence electrons. The van der Waals surface area contributed by atoms with E-state index in [1.807, 2.05) is 6.07 Å². The van der Waals surface area contributed by atoms with Crippen molar-refractivity contribution in [2.45, 2.75) is 6.18 Å². The van der Waals surface area contributed by atoms with Gasteiger partial charge in [0.15, 0.2) is 11.5 Å². The van der Waals surface area contributed by atoms with Crippen LogP contribution in [0.15, 0.2) is 55.0 Å². The number of hydrogen-bond donors (Lipinski definition) is 1. The summed E-state index contributed by atoms with van der Waals surface area (Å²) in [7, 11) is 0. The van der Waals surface area contributed by atoms with Crippen LogP contribution in [-0.2, 0) is 6.18 Å². The Kier molecular flexibility index (Phi) is 5.46. The number of aromatic nitrogens is 5. The van der Waals surface area contributed by atoms with Gasteiger partial charge in [-0.05, 0) is 42.0 Å². The molecular formula is C20H10ClF4N7. The van der Waals surface area contributed by atoms with E-state index in [9.17, 15) is 17.6 Å². The number of pyridine rings is 1. The predicted octanol–water partition coefficient (Wildman–Crippen LogP) is 5.15. The molecule has 0 radical (unpaired) electrons. The molecule has 4 aromatic rings. The number of anilines is 2. The molecule has 32 heavy (non-hydrogen) atoms. The van der Waals surface area contributed by atoms with E-state index >= 15 is 0 Å². The summed E-state index contributed by atoms with van der Waals surface area (Å²) < 4.78 is 53.6. The van der Waals surface area contributed by atoms with Gasteiger partial charge in [0.1, 0.15) is 17.6 Å². The fraction of sp³-hybridized carbons (Fsp3) is 0.0500. The summed E-state index contributed by atoms with van der Waals surface area (Å²) in [6.45, 7) is 0. The van der Waals surface area contributed by atoms with Crippen LogP contribution in [0.25, 0.3) is 16.9 Å². The van der Waals surface area contributed by atoms with Crippen LogP contribution in [0.3, 0.4) is 0 Å². The summed E-state index contributed by atoms with van der Waals surface area (Å²) in [4.78, 5) is 12.3. The lowest BCUT2D eigenvalue weighted by molar-refractivity contribution is -0.141. The number of alkyl halides is 3. The number of halogens is 5. The predicted molar refractivity (Wildman–Crippen MR) is 107 cm³/mol. The Morgan fingerprint density at radius 2 is 1.91 bits per heavy atom. The van der Waals surface area contributed by atoms with Crippen molar-refractivity contribution >= 4 is 23.2 Å². The van der Waals surface area contributed by atoms with Crippen molar-refractivity contribution in [2.75, 3.05) is 5.32 Å². The molecule has 0 aliphatic heterocycles. The minimum absolute atomic E-state index is 0.00467. The summed E-state index contributed by atoms with van der Waals surface area (Å²) >= 11 is 5.78. The van der Waals surface area contributed by atoms with E-state index in [0.717, 1.165) is 23.0 Å². The third-order valence-corrected chi connectivity index (χ3v) is 4.52. The summed E-state index contributed by atoms with van der Waals surface area (Å²) in [5, 5.41) is 15.4. The topological polar surface area (TPSA) is 92.3 Å². The fourth-order valence-electron chi connectivity index (χ4n) is 2.77. The number of hydrogen-bond acceptors (Lipinski definition) is 6. The molecule has 0 saturated carbocycles. The summed E-state index contributed by atoms with van der Waals surface area (Å²) in [6.07, 6.45) is -0.787. The molecule has 4 rings (SSSR count). The maximum absolute atomic E-state index is 13.4. The molecule has 0 saturated heterocycles. The van der Waals surface area contributed by atoms with Crippen LogP contribution in [0.1, 0.15) is 11.4 Å². The number of benzene rings is 1. The van der Waals surface area contributed by atoms with Crippen molar-refractivity contribution in [1.82, 2.24) is 24.7 Å². The molecular weight excluding hydrogens is 450 g/mol. The average molecular weight is 460 g/mol. The first-order valence-electron chi connectivity index (χ1n) is 8.83. The Hall–Kier alpha value is -4.04. The normalized spacial score (nSPS) is 11.2. The van der Waals surface area contributed by atoms with Crippen LogP contribution >= 0.6 is 11.6 Å². The van der Waals surface area contributed by atoms with E-state index in [0.29, 0.717) is 16.8 Å². The largest absolute Gasteiger partial charge is 0.435 e. The van der Waals surface area contributed by atoms with Gasteiger partial charge >= 0.3 is 6.18 Å². The highest BCUT2D eigenvalue weighted by atomic mass is 35.5. The average Bonchev–Trinajstić information content (AvgIpc) is 3.27. The number of nitriles is 1. The van der Waals surface area contributed by atoms with Gasteiger partial charge in [-0.2, -0.15) is 28.5 Å². The van der Waals surface area contributed by atoms with Gasteiger partial charge < -0.3 is 5.32 Å². The Balaban J connectivity index is 1.82. The lowest BCUT2D eigenvalue weighted by Gasteiger charge is -2.12. The molecule has 7 nitrogen and oxygen atoms in total. The molecule has 1 N–H and O–H groups in total. The van der Waals surface area contributed by atoms with E-state index in [1.165, 1.54) is 30.6 Å². The quantitative estimate of drug-likeness (QED) is 0.424. The highest BCUT2D eigenvalue weighted by molar-refractivity contribution is 6.31. The fourth-order valence-corrected chi connectivity index (χ4v) is 2.95. The van der Waals surface area contributed by atoms with Crippen LogP contribution in [0.4, 0.5) is 29.2 Å². The van der Waals surface area contributed by atoms with Crippen LogP contribution in [0, 0.1) is 17.1 Å². The highest BCUT2D eigenvalue weighted by Crippen LogP contribution is 2.31. The molecule has 1 aromatic carbocycles. The first kappa shape index (κ1) is 21.2. The number of nitrogens with one attached hydrogen (secondary N) is 1. The van der Waals surface area contributed by atoms with Crippen molar-refractivity contribution in [3.05, 3.63) is 77.2 Å². The van der Waals surface area contributed by atoms with Gasteiger partial charge in [-0.25, -0.2) is 19.0 Å². The van der Waals surface area contributed by atoms with E-state index in [-0.39, 0.29) is 22.5 Å². The maximum Gasteiger partial charge on any atom is 0.435 e. The van der Waals surface area contributed by atoms with Crippen molar-refractivity contribution < 1.29 is 17.6 Å². The van der Waals surface area contributed by atoms with Crippen LogP contribution in [0.5, 0.6) is 0 Å². The zero-order valence-corrected chi connectivity index (χ0v) is 16.5. The van der Waals surface area contributed by atoms with Crippen LogP contribution in [-0.4, -0.2) is 24.7 Å². The molecule has 0 spiro atoms. The Morgan fingerprint density at radius 1 is 1.09 bits per heavy atom. The second-order valence-electron chi connectivity index (χ2n) is 6.37. The van der Waals surface area contributed by atoms with Gasteiger partial charge in [0.2, 0.25) is 5.95 Å². The summed E-state index contributed by atoms with van der Waals surface area (Å²) in [5.74, 6) is -0.595. The molecule has 3 aromatic heterocycles.